The summed E-state index contributed by atoms with van der Waals surface area (Å²) in [5.41, 5.74) is 0. The van der Waals surface area contributed by atoms with Gasteiger partial charge in [0.2, 0.25) is 11.8 Å². The third kappa shape index (κ3) is 1.94. The van der Waals surface area contributed by atoms with Gasteiger partial charge in [-0.25, -0.2) is 4.79 Å². The van der Waals surface area contributed by atoms with Crippen LogP contribution in [0.3, 0.4) is 0 Å². The van der Waals surface area contributed by atoms with Gasteiger partial charge in [0.05, 0.1) is 6.54 Å². The molecule has 0 aliphatic carbocycles. The van der Waals surface area contributed by atoms with Gasteiger partial charge in [0.15, 0.2) is 0 Å². The second-order valence-corrected chi connectivity index (χ2v) is 3.00. The van der Waals surface area contributed by atoms with Crippen molar-refractivity contribution in [3.05, 3.63) is 11.7 Å². The molecule has 1 amide bonds. The highest BCUT2D eigenvalue weighted by molar-refractivity contribution is 5.82. The van der Waals surface area contributed by atoms with Gasteiger partial charge in [0, 0.05) is 6.54 Å². The molecule has 0 bridgehead atoms. The largest absolute Gasteiger partial charge is 0.475 e. The molecule has 1 aromatic heterocycles. The predicted molar refractivity (Wildman–Crippen MR) is 45.0 cm³/mol. The SMILES string of the molecule is O=C1CNC(c2nc(C(=O)O)no2)CN1. The first-order chi connectivity index (χ1) is 7.16. The second-order valence-electron chi connectivity index (χ2n) is 3.00. The summed E-state index contributed by atoms with van der Waals surface area (Å²) >= 11 is 0. The number of carboxylic acids is 1. The normalized spacial score (nSPS) is 21.1. The van der Waals surface area contributed by atoms with Crippen LogP contribution in [0.15, 0.2) is 4.52 Å². The summed E-state index contributed by atoms with van der Waals surface area (Å²) in [5, 5.41) is 17.3. The molecule has 15 heavy (non-hydrogen) atoms. The highest BCUT2D eigenvalue weighted by atomic mass is 16.5. The summed E-state index contributed by atoms with van der Waals surface area (Å²) in [6.45, 7) is 0.454. The van der Waals surface area contributed by atoms with E-state index in [1.807, 2.05) is 0 Å². The molecule has 1 atom stereocenters. The van der Waals surface area contributed by atoms with Crippen LogP contribution in [0.25, 0.3) is 0 Å². The second kappa shape index (κ2) is 3.65. The van der Waals surface area contributed by atoms with E-state index in [9.17, 15) is 9.59 Å². The molecule has 2 rings (SSSR count). The van der Waals surface area contributed by atoms with E-state index in [0.717, 1.165) is 0 Å². The molecule has 1 fully saturated rings. The van der Waals surface area contributed by atoms with Crippen LogP contribution in [0.5, 0.6) is 0 Å². The minimum Gasteiger partial charge on any atom is -0.475 e. The van der Waals surface area contributed by atoms with Gasteiger partial charge in [-0.15, -0.1) is 0 Å². The standard InChI is InChI=1S/C7H8N4O4/c12-4-2-8-3(1-9-4)6-10-5(7(13)14)11-15-6/h3,8H,1-2H2,(H,9,12)(H,13,14). The number of aromatic carboxylic acids is 1. The number of piperazine rings is 1. The van der Waals surface area contributed by atoms with E-state index in [0.29, 0.717) is 6.54 Å². The summed E-state index contributed by atoms with van der Waals surface area (Å²) in [6.07, 6.45) is 0. The number of nitrogens with one attached hydrogen (secondary N) is 2. The lowest BCUT2D eigenvalue weighted by Crippen LogP contribution is -2.47. The summed E-state index contributed by atoms with van der Waals surface area (Å²) < 4.78 is 4.74. The fourth-order valence-electron chi connectivity index (χ4n) is 1.20. The van der Waals surface area contributed by atoms with Gasteiger partial charge in [-0.1, -0.05) is 0 Å². The fraction of sp³-hybridized carbons (Fsp3) is 0.429. The Morgan fingerprint density at radius 1 is 1.60 bits per heavy atom. The topological polar surface area (TPSA) is 117 Å². The highest BCUT2D eigenvalue weighted by Gasteiger charge is 2.25. The number of nitrogens with zero attached hydrogens (tertiary/aromatic N) is 2. The lowest BCUT2D eigenvalue weighted by atomic mass is 10.2. The quantitative estimate of drug-likeness (QED) is 0.547. The third-order valence-electron chi connectivity index (χ3n) is 1.94. The first-order valence-electron chi connectivity index (χ1n) is 4.24. The molecule has 0 aromatic carbocycles. The molecule has 8 nitrogen and oxygen atoms in total. The number of hydrogen-bond donors (Lipinski definition) is 3. The number of carbonyl (C=O) groups excluding carboxylic acids is 1. The van der Waals surface area contributed by atoms with Crippen molar-refractivity contribution in [1.82, 2.24) is 20.8 Å². The lowest BCUT2D eigenvalue weighted by molar-refractivity contribution is -0.121. The van der Waals surface area contributed by atoms with E-state index >= 15 is 0 Å². The summed E-state index contributed by atoms with van der Waals surface area (Å²) in [4.78, 5) is 25.0. The molecule has 1 aliphatic rings. The van der Waals surface area contributed by atoms with Crippen LogP contribution in [0.2, 0.25) is 0 Å². The Labute approximate surface area is 83.7 Å². The minimum atomic E-state index is -1.25. The van der Waals surface area contributed by atoms with Gasteiger partial charge in [-0.3, -0.25) is 10.1 Å². The Morgan fingerprint density at radius 2 is 2.40 bits per heavy atom. The van der Waals surface area contributed by atoms with E-state index < -0.39 is 5.97 Å². The van der Waals surface area contributed by atoms with Crippen molar-refractivity contribution in [1.29, 1.82) is 0 Å². The minimum absolute atomic E-state index is 0.121. The first kappa shape index (κ1) is 9.59. The molecule has 0 saturated carbocycles. The molecule has 1 aliphatic heterocycles. The number of amides is 1. The zero-order chi connectivity index (χ0) is 10.8. The van der Waals surface area contributed by atoms with E-state index in [2.05, 4.69) is 20.8 Å². The van der Waals surface area contributed by atoms with Crippen LogP contribution < -0.4 is 10.6 Å². The lowest BCUT2D eigenvalue weighted by Gasteiger charge is -2.20. The molecule has 0 spiro atoms. The van der Waals surface area contributed by atoms with Crippen molar-refractivity contribution in [3.63, 3.8) is 0 Å². The summed E-state index contributed by atoms with van der Waals surface area (Å²) in [5.74, 6) is -1.59. The Balaban J connectivity index is 2.09. The van der Waals surface area contributed by atoms with Crippen LogP contribution in [0.4, 0.5) is 0 Å². The molecule has 80 valence electrons. The first-order valence-corrected chi connectivity index (χ1v) is 4.24. The zero-order valence-corrected chi connectivity index (χ0v) is 7.56. The van der Waals surface area contributed by atoms with Crippen molar-refractivity contribution >= 4 is 11.9 Å². The maximum Gasteiger partial charge on any atom is 0.377 e. The Kier molecular flexibility index (Phi) is 2.34. The molecular weight excluding hydrogens is 204 g/mol. The van der Waals surface area contributed by atoms with E-state index in [-0.39, 0.29) is 30.2 Å². The van der Waals surface area contributed by atoms with E-state index in [1.54, 1.807) is 0 Å². The van der Waals surface area contributed by atoms with Crippen molar-refractivity contribution in [2.75, 3.05) is 13.1 Å². The van der Waals surface area contributed by atoms with Gasteiger partial charge >= 0.3 is 5.97 Å². The maximum absolute atomic E-state index is 10.8. The van der Waals surface area contributed by atoms with Gasteiger partial charge < -0.3 is 14.9 Å². The Morgan fingerprint density at radius 3 is 2.93 bits per heavy atom. The van der Waals surface area contributed by atoms with Crippen LogP contribution in [-0.2, 0) is 4.79 Å². The van der Waals surface area contributed by atoms with Crippen LogP contribution in [-0.4, -0.2) is 40.2 Å². The Hall–Kier alpha value is -1.96. The van der Waals surface area contributed by atoms with Crippen molar-refractivity contribution < 1.29 is 19.2 Å². The van der Waals surface area contributed by atoms with Gasteiger partial charge in [0.1, 0.15) is 6.04 Å². The summed E-state index contributed by atoms with van der Waals surface area (Å²) in [6, 6.07) is -0.330. The number of rotatable bonds is 2. The molecule has 3 N–H and O–H groups in total. The highest BCUT2D eigenvalue weighted by Crippen LogP contribution is 2.11. The van der Waals surface area contributed by atoms with Gasteiger partial charge in [-0.2, -0.15) is 4.98 Å². The average Bonchev–Trinajstić information content (AvgIpc) is 2.68. The number of carbonyl (C=O) groups is 2. The monoisotopic (exact) mass is 212 g/mol. The number of carboxylic acid groups (broad SMARTS) is 1. The van der Waals surface area contributed by atoms with Crippen LogP contribution in [0.1, 0.15) is 22.6 Å². The van der Waals surface area contributed by atoms with Crippen LogP contribution >= 0.6 is 0 Å². The van der Waals surface area contributed by atoms with Gasteiger partial charge in [-0.05, 0) is 5.16 Å². The molecule has 1 unspecified atom stereocenters. The fourth-order valence-corrected chi connectivity index (χ4v) is 1.20. The van der Waals surface area contributed by atoms with Crippen LogP contribution in [0, 0.1) is 0 Å². The predicted octanol–water partition coefficient (Wildman–Crippen LogP) is -1.47. The Bertz CT molecular complexity index is 391. The zero-order valence-electron chi connectivity index (χ0n) is 7.56. The molecule has 0 radical (unpaired) electrons. The molecule has 8 heteroatoms. The van der Waals surface area contributed by atoms with Crippen molar-refractivity contribution in [2.24, 2.45) is 0 Å². The van der Waals surface area contributed by atoms with E-state index in [4.69, 9.17) is 9.63 Å². The number of aromatic nitrogens is 2. The molecule has 1 aromatic rings. The molecule has 2 heterocycles. The maximum atomic E-state index is 10.8. The van der Waals surface area contributed by atoms with E-state index in [1.165, 1.54) is 0 Å². The summed E-state index contributed by atoms with van der Waals surface area (Å²) in [7, 11) is 0. The third-order valence-corrected chi connectivity index (χ3v) is 1.94. The molecular formula is C7H8N4O4. The average molecular weight is 212 g/mol. The van der Waals surface area contributed by atoms with Crippen molar-refractivity contribution in [2.45, 2.75) is 6.04 Å². The smallest absolute Gasteiger partial charge is 0.377 e. The number of hydrogen-bond acceptors (Lipinski definition) is 6. The van der Waals surface area contributed by atoms with Gasteiger partial charge in [0.25, 0.3) is 5.82 Å². The molecule has 1 saturated heterocycles. The van der Waals surface area contributed by atoms with Crippen molar-refractivity contribution in [3.8, 4) is 0 Å².